The lowest BCUT2D eigenvalue weighted by Gasteiger charge is -2.20. The summed E-state index contributed by atoms with van der Waals surface area (Å²) in [5.41, 5.74) is 0.638. The van der Waals surface area contributed by atoms with Gasteiger partial charge in [-0.1, -0.05) is 13.0 Å². The van der Waals surface area contributed by atoms with Gasteiger partial charge in [-0.3, -0.25) is 4.40 Å². The molecule has 0 saturated heterocycles. The standard InChI is InChI=1S/C14H20N4O2S/c1-3-15-13-14(17-10-6-5-7-12(17)16-13)21(19,20)18(4-2)11-8-9-11/h5-7,10-11,15H,3-4,8-9H2,1-2H3. The van der Waals surface area contributed by atoms with Crippen LogP contribution >= 0.6 is 0 Å². The molecule has 0 amide bonds. The average Bonchev–Trinajstić information content (AvgIpc) is 3.19. The van der Waals surface area contributed by atoms with Gasteiger partial charge >= 0.3 is 0 Å². The van der Waals surface area contributed by atoms with Gasteiger partial charge in [-0.2, -0.15) is 4.31 Å². The predicted molar refractivity (Wildman–Crippen MR) is 81.9 cm³/mol. The topological polar surface area (TPSA) is 66.7 Å². The molecule has 1 aliphatic carbocycles. The highest BCUT2D eigenvalue weighted by Crippen LogP contribution is 2.34. The van der Waals surface area contributed by atoms with E-state index in [0.29, 0.717) is 24.6 Å². The Morgan fingerprint density at radius 3 is 2.76 bits per heavy atom. The Balaban J connectivity index is 2.19. The molecule has 7 heteroatoms. The molecule has 0 bridgehead atoms. The Labute approximate surface area is 124 Å². The van der Waals surface area contributed by atoms with Crippen LogP contribution in [0.3, 0.4) is 0 Å². The fourth-order valence-corrected chi connectivity index (χ4v) is 4.53. The molecule has 1 aliphatic rings. The second-order valence-corrected chi connectivity index (χ2v) is 6.97. The number of hydrogen-bond donors (Lipinski definition) is 1. The summed E-state index contributed by atoms with van der Waals surface area (Å²) < 4.78 is 29.3. The number of aromatic nitrogens is 2. The molecule has 3 rings (SSSR count). The van der Waals surface area contributed by atoms with Crippen LogP contribution in [0.1, 0.15) is 26.7 Å². The van der Waals surface area contributed by atoms with Gasteiger partial charge < -0.3 is 5.32 Å². The van der Waals surface area contributed by atoms with E-state index in [1.54, 1.807) is 14.9 Å². The number of nitrogens with zero attached hydrogens (tertiary/aromatic N) is 3. The first kappa shape index (κ1) is 14.3. The van der Waals surface area contributed by atoms with Gasteiger partial charge in [0.1, 0.15) is 5.65 Å². The Bertz CT molecular complexity index is 749. The number of fused-ring (bicyclic) bond motifs is 1. The highest BCUT2D eigenvalue weighted by Gasteiger charge is 2.39. The highest BCUT2D eigenvalue weighted by molar-refractivity contribution is 7.89. The van der Waals surface area contributed by atoms with Crippen molar-refractivity contribution < 1.29 is 8.42 Å². The van der Waals surface area contributed by atoms with Crippen LogP contribution in [0.4, 0.5) is 5.82 Å². The van der Waals surface area contributed by atoms with E-state index in [1.165, 1.54) is 0 Å². The van der Waals surface area contributed by atoms with Crippen molar-refractivity contribution in [1.29, 1.82) is 0 Å². The van der Waals surface area contributed by atoms with Gasteiger partial charge in [0.05, 0.1) is 0 Å². The van der Waals surface area contributed by atoms with Crippen molar-refractivity contribution in [3.05, 3.63) is 24.4 Å². The molecular formula is C14H20N4O2S. The Morgan fingerprint density at radius 2 is 2.14 bits per heavy atom. The SMILES string of the molecule is CCNc1nc2ccccn2c1S(=O)(=O)N(CC)C1CC1. The fraction of sp³-hybridized carbons (Fsp3) is 0.500. The third-order valence-electron chi connectivity index (χ3n) is 3.65. The normalized spacial score (nSPS) is 15.8. The number of pyridine rings is 1. The van der Waals surface area contributed by atoms with Crippen LogP contribution in [0.5, 0.6) is 0 Å². The fourth-order valence-electron chi connectivity index (χ4n) is 2.60. The van der Waals surface area contributed by atoms with E-state index in [4.69, 9.17) is 0 Å². The molecule has 0 unspecified atom stereocenters. The maximum absolute atomic E-state index is 13.0. The Hall–Kier alpha value is -1.60. The summed E-state index contributed by atoms with van der Waals surface area (Å²) in [5.74, 6) is 0.433. The minimum Gasteiger partial charge on any atom is -0.368 e. The molecule has 0 aromatic carbocycles. The van der Waals surface area contributed by atoms with Gasteiger partial charge in [-0.15, -0.1) is 0 Å². The van der Waals surface area contributed by atoms with Crippen molar-refractivity contribution in [2.24, 2.45) is 0 Å². The van der Waals surface area contributed by atoms with Crippen LogP contribution in [0.25, 0.3) is 5.65 Å². The molecule has 2 aromatic rings. The second-order valence-electron chi connectivity index (χ2n) is 5.16. The minimum absolute atomic E-state index is 0.142. The summed E-state index contributed by atoms with van der Waals surface area (Å²) in [6.45, 7) is 4.92. The minimum atomic E-state index is -3.55. The number of rotatable bonds is 6. The van der Waals surface area contributed by atoms with Crippen LogP contribution in [0.15, 0.2) is 29.4 Å². The van der Waals surface area contributed by atoms with E-state index in [1.807, 2.05) is 32.0 Å². The highest BCUT2D eigenvalue weighted by atomic mass is 32.2. The lowest BCUT2D eigenvalue weighted by atomic mass is 10.5. The zero-order valence-electron chi connectivity index (χ0n) is 12.3. The third kappa shape index (κ3) is 2.40. The maximum atomic E-state index is 13.0. The van der Waals surface area contributed by atoms with Crippen molar-refractivity contribution in [3.63, 3.8) is 0 Å². The van der Waals surface area contributed by atoms with Gasteiger partial charge in [0.25, 0.3) is 10.0 Å². The van der Waals surface area contributed by atoms with Gasteiger partial charge in [0.15, 0.2) is 10.8 Å². The van der Waals surface area contributed by atoms with Crippen LogP contribution in [0, 0.1) is 0 Å². The zero-order valence-corrected chi connectivity index (χ0v) is 13.1. The van der Waals surface area contributed by atoms with E-state index in [0.717, 1.165) is 12.8 Å². The van der Waals surface area contributed by atoms with Crippen LogP contribution in [-0.2, 0) is 10.0 Å². The number of sulfonamides is 1. The average molecular weight is 308 g/mol. The predicted octanol–water partition coefficient (Wildman–Crippen LogP) is 1.94. The first-order valence-electron chi connectivity index (χ1n) is 7.32. The quantitative estimate of drug-likeness (QED) is 0.885. The van der Waals surface area contributed by atoms with Crippen molar-refractivity contribution in [1.82, 2.24) is 13.7 Å². The summed E-state index contributed by atoms with van der Waals surface area (Å²) >= 11 is 0. The molecule has 21 heavy (non-hydrogen) atoms. The molecule has 6 nitrogen and oxygen atoms in total. The summed E-state index contributed by atoms with van der Waals surface area (Å²) in [4.78, 5) is 4.41. The summed E-state index contributed by atoms with van der Waals surface area (Å²) in [6, 6.07) is 5.63. The van der Waals surface area contributed by atoms with Gasteiger partial charge in [-0.05, 0) is 31.9 Å². The molecule has 114 valence electrons. The number of nitrogens with one attached hydrogen (secondary N) is 1. The number of hydrogen-bond acceptors (Lipinski definition) is 4. The molecule has 1 N–H and O–H groups in total. The van der Waals surface area contributed by atoms with E-state index < -0.39 is 10.0 Å². The smallest absolute Gasteiger partial charge is 0.263 e. The van der Waals surface area contributed by atoms with Gasteiger partial charge in [0.2, 0.25) is 0 Å². The summed E-state index contributed by atoms with van der Waals surface area (Å²) in [7, 11) is -3.55. The monoisotopic (exact) mass is 308 g/mol. The lowest BCUT2D eigenvalue weighted by Crippen LogP contribution is -2.34. The van der Waals surface area contributed by atoms with Crippen molar-refractivity contribution in [2.75, 3.05) is 18.4 Å². The van der Waals surface area contributed by atoms with Crippen molar-refractivity contribution in [3.8, 4) is 0 Å². The molecular weight excluding hydrogens is 288 g/mol. The lowest BCUT2D eigenvalue weighted by molar-refractivity contribution is 0.418. The van der Waals surface area contributed by atoms with Crippen molar-refractivity contribution in [2.45, 2.75) is 37.8 Å². The van der Waals surface area contributed by atoms with Crippen LogP contribution < -0.4 is 5.32 Å². The maximum Gasteiger partial charge on any atom is 0.263 e. The first-order chi connectivity index (χ1) is 10.1. The zero-order chi connectivity index (χ0) is 15.0. The van der Waals surface area contributed by atoms with Gasteiger partial charge in [-0.25, -0.2) is 13.4 Å². The number of imidazole rings is 1. The number of anilines is 1. The molecule has 0 spiro atoms. The van der Waals surface area contributed by atoms with E-state index >= 15 is 0 Å². The molecule has 0 radical (unpaired) electrons. The summed E-state index contributed by atoms with van der Waals surface area (Å²) in [5, 5.41) is 3.32. The van der Waals surface area contributed by atoms with E-state index in [-0.39, 0.29) is 11.1 Å². The van der Waals surface area contributed by atoms with E-state index in [9.17, 15) is 8.42 Å². The van der Waals surface area contributed by atoms with Crippen molar-refractivity contribution >= 4 is 21.5 Å². The molecule has 0 aliphatic heterocycles. The largest absolute Gasteiger partial charge is 0.368 e. The third-order valence-corrected chi connectivity index (χ3v) is 5.70. The molecule has 1 saturated carbocycles. The second kappa shape index (κ2) is 5.31. The molecule has 0 atom stereocenters. The summed E-state index contributed by atoms with van der Waals surface area (Å²) in [6.07, 6.45) is 3.64. The van der Waals surface area contributed by atoms with Crippen LogP contribution in [-0.4, -0.2) is 41.2 Å². The molecule has 2 heterocycles. The Kier molecular flexibility index (Phi) is 3.62. The van der Waals surface area contributed by atoms with Crippen LogP contribution in [0.2, 0.25) is 0 Å². The molecule has 1 fully saturated rings. The molecule has 2 aromatic heterocycles. The van der Waals surface area contributed by atoms with E-state index in [2.05, 4.69) is 10.3 Å². The van der Waals surface area contributed by atoms with Gasteiger partial charge in [0, 0.05) is 25.3 Å². The first-order valence-corrected chi connectivity index (χ1v) is 8.76. The Morgan fingerprint density at radius 1 is 1.38 bits per heavy atom.